The third kappa shape index (κ3) is 3.50. The second-order valence-electron chi connectivity index (χ2n) is 4.62. The van der Waals surface area contributed by atoms with Crippen LogP contribution in [-0.4, -0.2) is 24.3 Å². The molecule has 0 aromatic rings. The molecule has 8 heteroatoms. The number of ether oxygens (including phenoxy) is 1. The van der Waals surface area contributed by atoms with Crippen LogP contribution in [-0.2, 0) is 14.8 Å². The number of hydrogen-bond acceptors (Lipinski definition) is 4. The smallest absolute Gasteiger partial charge is 0.422 e. The molecule has 1 rings (SSSR count). The van der Waals surface area contributed by atoms with Gasteiger partial charge in [0.25, 0.3) is 0 Å². The number of alkyl halides is 1. The zero-order valence-electron chi connectivity index (χ0n) is 9.33. The van der Waals surface area contributed by atoms with Crippen molar-refractivity contribution in [2.24, 2.45) is 0 Å². The van der Waals surface area contributed by atoms with E-state index in [-0.39, 0.29) is 0 Å². The Morgan fingerprint density at radius 2 is 1.88 bits per heavy atom. The molecule has 2 N–H and O–H groups in total. The van der Waals surface area contributed by atoms with E-state index >= 15 is 0 Å². The second-order valence-corrected chi connectivity index (χ2v) is 7.56. The zero-order chi connectivity index (χ0) is 12.6. The van der Waals surface area contributed by atoms with E-state index in [0.29, 0.717) is 12.8 Å². The van der Waals surface area contributed by atoms with Crippen LogP contribution in [0.3, 0.4) is 0 Å². The number of hydrazine groups is 1. The van der Waals surface area contributed by atoms with Crippen molar-refractivity contribution in [2.45, 2.75) is 43.4 Å². The van der Waals surface area contributed by atoms with E-state index in [1.807, 2.05) is 10.3 Å². The molecule has 0 spiro atoms. The van der Waals surface area contributed by atoms with Crippen molar-refractivity contribution in [3.05, 3.63) is 0 Å². The largest absolute Gasteiger partial charge is 0.443 e. The average Bonchev–Trinajstić information content (AvgIpc) is 2.79. The molecule has 1 aliphatic carbocycles. The summed E-state index contributed by atoms with van der Waals surface area (Å²) < 4.78 is 26.5. The van der Waals surface area contributed by atoms with Crippen molar-refractivity contribution < 1.29 is 17.9 Å². The van der Waals surface area contributed by atoms with Gasteiger partial charge in [-0.25, -0.2) is 18.6 Å². The van der Waals surface area contributed by atoms with Crippen LogP contribution in [0.4, 0.5) is 4.79 Å². The number of halogens is 1. The van der Waals surface area contributed by atoms with Crippen molar-refractivity contribution in [1.82, 2.24) is 10.3 Å². The van der Waals surface area contributed by atoms with Crippen LogP contribution in [0.1, 0.15) is 33.6 Å². The summed E-state index contributed by atoms with van der Waals surface area (Å²) in [7, 11) is -3.73. The second kappa shape index (κ2) is 4.05. The number of amides is 1. The topological polar surface area (TPSA) is 84.5 Å². The Labute approximate surface area is 99.7 Å². The first-order valence-corrected chi connectivity index (χ1v) is 6.61. The van der Waals surface area contributed by atoms with Crippen molar-refractivity contribution in [3.8, 4) is 0 Å². The Balaban J connectivity index is 2.44. The summed E-state index contributed by atoms with van der Waals surface area (Å²) in [5.74, 6) is 0. The van der Waals surface area contributed by atoms with Crippen LogP contribution in [0.15, 0.2) is 0 Å². The standard InChI is InChI=1S/C8H15ClN2O4S/c1-7(2,3)15-6(12)10-11-16(13,14)8(9)4-5-8/h11H,4-5H2,1-3H3,(H,10,12). The summed E-state index contributed by atoms with van der Waals surface area (Å²) in [5.41, 5.74) is 1.26. The van der Waals surface area contributed by atoms with Crippen molar-refractivity contribution in [2.75, 3.05) is 0 Å². The molecule has 1 amide bonds. The van der Waals surface area contributed by atoms with Gasteiger partial charge < -0.3 is 4.74 Å². The normalized spacial score (nSPS) is 19.0. The third-order valence-electron chi connectivity index (χ3n) is 1.81. The Morgan fingerprint density at radius 3 is 2.25 bits per heavy atom. The molecular formula is C8H15ClN2O4S. The lowest BCUT2D eigenvalue weighted by Crippen LogP contribution is -2.47. The quantitative estimate of drug-likeness (QED) is 0.594. The Kier molecular flexibility index (Phi) is 3.42. The Hall–Kier alpha value is -0.530. The first kappa shape index (κ1) is 13.5. The summed E-state index contributed by atoms with van der Waals surface area (Å²) in [5, 5.41) is 0. The molecule has 16 heavy (non-hydrogen) atoms. The highest BCUT2D eigenvalue weighted by molar-refractivity contribution is 7.92. The molecule has 1 aliphatic rings. The van der Waals surface area contributed by atoms with E-state index in [1.54, 1.807) is 20.8 Å². The fourth-order valence-corrected chi connectivity index (χ4v) is 2.12. The van der Waals surface area contributed by atoms with E-state index < -0.39 is 25.9 Å². The van der Waals surface area contributed by atoms with E-state index in [1.165, 1.54) is 0 Å². The van der Waals surface area contributed by atoms with Gasteiger partial charge >= 0.3 is 6.09 Å². The molecule has 0 radical (unpaired) electrons. The number of carbonyl (C=O) groups is 1. The van der Waals surface area contributed by atoms with E-state index in [0.717, 1.165) is 0 Å². The number of hydrogen-bond donors (Lipinski definition) is 2. The van der Waals surface area contributed by atoms with E-state index in [9.17, 15) is 13.2 Å². The number of nitrogens with one attached hydrogen (secondary N) is 2. The molecule has 0 unspecified atom stereocenters. The minimum Gasteiger partial charge on any atom is -0.443 e. The molecular weight excluding hydrogens is 256 g/mol. The summed E-state index contributed by atoms with van der Waals surface area (Å²) in [6.07, 6.45) is -0.114. The van der Waals surface area contributed by atoms with Gasteiger partial charge in [-0.2, -0.15) is 0 Å². The lowest BCUT2D eigenvalue weighted by molar-refractivity contribution is 0.0515. The van der Waals surface area contributed by atoms with Crippen LogP contribution in [0.25, 0.3) is 0 Å². The zero-order valence-corrected chi connectivity index (χ0v) is 10.9. The van der Waals surface area contributed by atoms with Gasteiger partial charge in [0.05, 0.1) is 0 Å². The molecule has 0 aliphatic heterocycles. The minimum atomic E-state index is -3.73. The van der Waals surface area contributed by atoms with Crippen LogP contribution in [0.5, 0.6) is 0 Å². The summed E-state index contributed by atoms with van der Waals surface area (Å²) in [6, 6.07) is 0. The maximum atomic E-state index is 11.5. The fourth-order valence-electron chi connectivity index (χ4n) is 0.871. The molecule has 0 bridgehead atoms. The first-order valence-electron chi connectivity index (χ1n) is 4.75. The highest BCUT2D eigenvalue weighted by Crippen LogP contribution is 2.46. The van der Waals surface area contributed by atoms with Crippen molar-refractivity contribution >= 4 is 27.7 Å². The highest BCUT2D eigenvalue weighted by atomic mass is 35.5. The number of rotatable bonds is 3. The molecule has 94 valence electrons. The van der Waals surface area contributed by atoms with Gasteiger partial charge in [0.1, 0.15) is 5.60 Å². The predicted molar refractivity (Wildman–Crippen MR) is 59.2 cm³/mol. The molecule has 6 nitrogen and oxygen atoms in total. The fraction of sp³-hybridized carbons (Fsp3) is 0.875. The molecule has 0 saturated heterocycles. The molecule has 1 fully saturated rings. The maximum absolute atomic E-state index is 11.5. The van der Waals surface area contributed by atoms with Gasteiger partial charge in [0.2, 0.25) is 10.0 Å². The average molecular weight is 271 g/mol. The highest BCUT2D eigenvalue weighted by Gasteiger charge is 2.53. The Morgan fingerprint density at radius 1 is 1.38 bits per heavy atom. The van der Waals surface area contributed by atoms with Gasteiger partial charge in [-0.15, -0.1) is 16.4 Å². The van der Waals surface area contributed by atoms with Crippen molar-refractivity contribution in [1.29, 1.82) is 0 Å². The monoisotopic (exact) mass is 270 g/mol. The number of carbonyl (C=O) groups excluding carboxylic acids is 1. The van der Waals surface area contributed by atoms with Gasteiger partial charge in [-0.3, -0.25) is 0 Å². The molecule has 0 atom stereocenters. The van der Waals surface area contributed by atoms with E-state index in [2.05, 4.69) is 0 Å². The van der Waals surface area contributed by atoms with Gasteiger partial charge in [0, 0.05) is 0 Å². The SMILES string of the molecule is CC(C)(C)OC(=O)NNS(=O)(=O)C1(Cl)CC1. The maximum Gasteiger partial charge on any atom is 0.422 e. The lowest BCUT2D eigenvalue weighted by atomic mass is 10.2. The lowest BCUT2D eigenvalue weighted by Gasteiger charge is -2.20. The summed E-state index contributed by atoms with van der Waals surface area (Å²) >= 11 is 5.71. The summed E-state index contributed by atoms with van der Waals surface area (Å²) in [4.78, 5) is 13.0. The van der Waals surface area contributed by atoms with Crippen LogP contribution < -0.4 is 10.3 Å². The molecule has 0 aromatic carbocycles. The van der Waals surface area contributed by atoms with Crippen LogP contribution >= 0.6 is 11.6 Å². The Bertz CT molecular complexity index is 383. The molecule has 0 aromatic heterocycles. The summed E-state index contributed by atoms with van der Waals surface area (Å²) in [6.45, 7) is 5.01. The predicted octanol–water partition coefficient (Wildman–Crippen LogP) is 1.07. The van der Waals surface area contributed by atoms with E-state index in [4.69, 9.17) is 16.3 Å². The van der Waals surface area contributed by atoms with Gasteiger partial charge in [-0.05, 0) is 33.6 Å². The molecule has 1 saturated carbocycles. The minimum absolute atomic E-state index is 0.375. The van der Waals surface area contributed by atoms with Crippen LogP contribution in [0.2, 0.25) is 0 Å². The first-order chi connectivity index (χ1) is 7.06. The third-order valence-corrected chi connectivity index (χ3v) is 4.54. The van der Waals surface area contributed by atoms with Gasteiger partial charge in [-0.1, -0.05) is 0 Å². The van der Waals surface area contributed by atoms with Gasteiger partial charge in [0.15, 0.2) is 4.21 Å². The van der Waals surface area contributed by atoms with Crippen molar-refractivity contribution in [3.63, 3.8) is 0 Å². The number of sulfonamides is 1. The molecule has 0 heterocycles. The van der Waals surface area contributed by atoms with Crippen LogP contribution in [0, 0.1) is 0 Å².